The highest BCUT2D eigenvalue weighted by Crippen LogP contribution is 2.58. The summed E-state index contributed by atoms with van der Waals surface area (Å²) in [5.74, 6) is -2.56. The molecule has 1 saturated carbocycles. The first-order valence-electron chi connectivity index (χ1n) is 6.59. The maximum Gasteiger partial charge on any atom is 0.307 e. The van der Waals surface area contributed by atoms with Crippen LogP contribution in [0.5, 0.6) is 0 Å². The maximum absolute atomic E-state index is 13.0. The largest absolute Gasteiger partial charge is 0.481 e. The molecule has 0 heterocycles. The highest BCUT2D eigenvalue weighted by atomic mass is 19.1. The van der Waals surface area contributed by atoms with Crippen molar-refractivity contribution in [2.45, 2.75) is 20.3 Å². The number of benzene rings is 1. The lowest BCUT2D eigenvalue weighted by molar-refractivity contribution is -0.140. The van der Waals surface area contributed by atoms with Gasteiger partial charge in [-0.3, -0.25) is 9.59 Å². The molecule has 0 radical (unpaired) electrons. The molecule has 1 amide bonds. The molecule has 108 valence electrons. The zero-order valence-electron chi connectivity index (χ0n) is 11.5. The average Bonchev–Trinajstić information content (AvgIpc) is 2.92. The Kier molecular flexibility index (Phi) is 3.79. The van der Waals surface area contributed by atoms with Crippen molar-refractivity contribution < 1.29 is 19.1 Å². The highest BCUT2D eigenvalue weighted by Gasteiger charge is 2.65. The summed E-state index contributed by atoms with van der Waals surface area (Å²) in [5.41, 5.74) is 0.310. The van der Waals surface area contributed by atoms with E-state index in [4.69, 9.17) is 5.11 Å². The summed E-state index contributed by atoms with van der Waals surface area (Å²) >= 11 is 0. The van der Waals surface area contributed by atoms with Crippen LogP contribution in [-0.4, -0.2) is 23.5 Å². The predicted molar refractivity (Wildman–Crippen MR) is 71.5 cm³/mol. The lowest BCUT2D eigenvalue weighted by Gasteiger charge is -2.06. The van der Waals surface area contributed by atoms with Crippen molar-refractivity contribution in [3.8, 4) is 0 Å². The van der Waals surface area contributed by atoms with Crippen LogP contribution in [0.1, 0.15) is 19.4 Å². The molecule has 0 saturated heterocycles. The second-order valence-corrected chi connectivity index (χ2v) is 5.79. The number of carbonyl (C=O) groups excluding carboxylic acids is 1. The van der Waals surface area contributed by atoms with Crippen molar-refractivity contribution >= 4 is 11.9 Å². The zero-order chi connectivity index (χ0) is 14.9. The van der Waals surface area contributed by atoms with Crippen LogP contribution in [-0.2, 0) is 16.0 Å². The molecule has 0 aliphatic heterocycles. The number of nitrogens with one attached hydrogen (secondary N) is 1. The third kappa shape index (κ3) is 2.81. The van der Waals surface area contributed by atoms with Gasteiger partial charge in [0.15, 0.2) is 0 Å². The predicted octanol–water partition coefficient (Wildman–Crippen LogP) is 1.84. The van der Waals surface area contributed by atoms with Crippen LogP contribution < -0.4 is 5.32 Å². The van der Waals surface area contributed by atoms with Gasteiger partial charge in [-0.15, -0.1) is 0 Å². The quantitative estimate of drug-likeness (QED) is 0.864. The molecular formula is C15H18FNO3. The fourth-order valence-electron chi connectivity index (χ4n) is 2.72. The molecule has 2 rings (SSSR count). The number of carboxylic acid groups (broad SMARTS) is 1. The Bertz CT molecular complexity index is 542. The van der Waals surface area contributed by atoms with Crippen LogP contribution in [0.25, 0.3) is 0 Å². The summed E-state index contributed by atoms with van der Waals surface area (Å²) in [6.45, 7) is 3.94. The van der Waals surface area contributed by atoms with Gasteiger partial charge in [0.2, 0.25) is 5.91 Å². The monoisotopic (exact) mass is 279 g/mol. The third-order valence-corrected chi connectivity index (χ3v) is 3.98. The number of carboxylic acids is 1. The van der Waals surface area contributed by atoms with Crippen LogP contribution in [0.4, 0.5) is 4.39 Å². The number of amides is 1. The van der Waals surface area contributed by atoms with Gasteiger partial charge >= 0.3 is 5.97 Å². The van der Waals surface area contributed by atoms with Crippen LogP contribution in [0.2, 0.25) is 0 Å². The first-order valence-corrected chi connectivity index (χ1v) is 6.59. The lowest BCUT2D eigenvalue weighted by Crippen LogP contribution is -2.29. The molecule has 2 N–H and O–H groups in total. The van der Waals surface area contributed by atoms with Crippen molar-refractivity contribution in [1.82, 2.24) is 5.32 Å². The SMILES string of the molecule is CC1(C)C(C(=O)O)C1C(=O)NCCc1cccc(F)c1. The van der Waals surface area contributed by atoms with Gasteiger partial charge < -0.3 is 10.4 Å². The standard InChI is InChI=1S/C15H18FNO3/c1-15(2)11(12(15)14(19)20)13(18)17-7-6-9-4-3-5-10(16)8-9/h3-5,8,11-12H,6-7H2,1-2H3,(H,17,18)(H,19,20). The van der Waals surface area contributed by atoms with E-state index in [0.29, 0.717) is 13.0 Å². The summed E-state index contributed by atoms with van der Waals surface area (Å²) in [6.07, 6.45) is 0.522. The van der Waals surface area contributed by atoms with Crippen LogP contribution in [0, 0.1) is 23.1 Å². The Balaban J connectivity index is 1.84. The van der Waals surface area contributed by atoms with Gasteiger partial charge in [-0.25, -0.2) is 4.39 Å². The Morgan fingerprint density at radius 3 is 2.60 bits per heavy atom. The Morgan fingerprint density at radius 2 is 2.05 bits per heavy atom. The molecule has 20 heavy (non-hydrogen) atoms. The van der Waals surface area contributed by atoms with E-state index in [1.54, 1.807) is 26.0 Å². The van der Waals surface area contributed by atoms with E-state index in [0.717, 1.165) is 5.56 Å². The van der Waals surface area contributed by atoms with Crippen LogP contribution in [0.3, 0.4) is 0 Å². The fraction of sp³-hybridized carbons (Fsp3) is 0.467. The number of halogens is 1. The van der Waals surface area contributed by atoms with Crippen molar-refractivity contribution in [3.63, 3.8) is 0 Å². The molecule has 0 aromatic heterocycles. The van der Waals surface area contributed by atoms with E-state index in [-0.39, 0.29) is 11.7 Å². The minimum absolute atomic E-state index is 0.237. The highest BCUT2D eigenvalue weighted by molar-refractivity contribution is 5.91. The van der Waals surface area contributed by atoms with E-state index in [1.165, 1.54) is 12.1 Å². The summed E-state index contributed by atoms with van der Waals surface area (Å²) in [6, 6.07) is 6.20. The lowest BCUT2D eigenvalue weighted by atomic mass is 10.1. The number of hydrogen-bond donors (Lipinski definition) is 2. The van der Waals surface area contributed by atoms with Gasteiger partial charge in [0.05, 0.1) is 11.8 Å². The molecule has 5 heteroatoms. The summed E-state index contributed by atoms with van der Waals surface area (Å²) in [4.78, 5) is 22.9. The molecular weight excluding hydrogens is 261 g/mol. The average molecular weight is 279 g/mol. The van der Waals surface area contributed by atoms with E-state index in [2.05, 4.69) is 5.32 Å². The number of hydrogen-bond acceptors (Lipinski definition) is 2. The molecule has 1 aliphatic rings. The molecule has 1 aliphatic carbocycles. The molecule has 1 fully saturated rings. The van der Waals surface area contributed by atoms with Crippen LogP contribution >= 0.6 is 0 Å². The molecule has 2 atom stereocenters. The molecule has 4 nitrogen and oxygen atoms in total. The Hall–Kier alpha value is -1.91. The van der Waals surface area contributed by atoms with Crippen molar-refractivity contribution in [2.75, 3.05) is 6.54 Å². The summed E-state index contributed by atoms with van der Waals surface area (Å²) in [7, 11) is 0. The normalized spacial score (nSPS) is 23.1. The van der Waals surface area contributed by atoms with E-state index in [9.17, 15) is 14.0 Å². The Labute approximate surface area is 117 Å². The molecule has 0 bridgehead atoms. The van der Waals surface area contributed by atoms with E-state index >= 15 is 0 Å². The Morgan fingerprint density at radius 1 is 1.35 bits per heavy atom. The van der Waals surface area contributed by atoms with Crippen molar-refractivity contribution in [3.05, 3.63) is 35.6 Å². The fourth-order valence-corrected chi connectivity index (χ4v) is 2.72. The molecule has 0 spiro atoms. The van der Waals surface area contributed by atoms with Gasteiger partial charge in [0.1, 0.15) is 5.82 Å². The second-order valence-electron chi connectivity index (χ2n) is 5.79. The minimum Gasteiger partial charge on any atom is -0.481 e. The zero-order valence-corrected chi connectivity index (χ0v) is 11.5. The molecule has 1 aromatic rings. The number of carbonyl (C=O) groups is 2. The molecule has 1 aromatic carbocycles. The minimum atomic E-state index is -0.930. The first-order chi connectivity index (χ1) is 9.34. The van der Waals surface area contributed by atoms with Crippen molar-refractivity contribution in [2.24, 2.45) is 17.3 Å². The second kappa shape index (κ2) is 5.23. The molecule has 2 unspecified atom stereocenters. The third-order valence-electron chi connectivity index (χ3n) is 3.98. The smallest absolute Gasteiger partial charge is 0.307 e. The van der Waals surface area contributed by atoms with Crippen molar-refractivity contribution in [1.29, 1.82) is 0 Å². The number of aliphatic carboxylic acids is 1. The van der Waals surface area contributed by atoms with Gasteiger partial charge in [-0.2, -0.15) is 0 Å². The van der Waals surface area contributed by atoms with Gasteiger partial charge in [0.25, 0.3) is 0 Å². The van der Waals surface area contributed by atoms with E-state index < -0.39 is 23.2 Å². The van der Waals surface area contributed by atoms with Gasteiger partial charge in [-0.05, 0) is 29.5 Å². The van der Waals surface area contributed by atoms with Crippen LogP contribution in [0.15, 0.2) is 24.3 Å². The number of rotatable bonds is 5. The maximum atomic E-state index is 13.0. The van der Waals surface area contributed by atoms with Gasteiger partial charge in [0, 0.05) is 6.54 Å². The first kappa shape index (κ1) is 14.5. The topological polar surface area (TPSA) is 66.4 Å². The summed E-state index contributed by atoms with van der Waals surface area (Å²) < 4.78 is 13.0. The summed E-state index contributed by atoms with van der Waals surface area (Å²) in [5, 5.41) is 11.7. The van der Waals surface area contributed by atoms with E-state index in [1.807, 2.05) is 0 Å². The van der Waals surface area contributed by atoms with Gasteiger partial charge in [-0.1, -0.05) is 26.0 Å².